The third-order valence-electron chi connectivity index (χ3n) is 3.67. The van der Waals surface area contributed by atoms with Gasteiger partial charge in [0, 0.05) is 11.3 Å². The first-order valence-corrected chi connectivity index (χ1v) is 8.87. The normalized spacial score (nSPS) is 10.2. The van der Waals surface area contributed by atoms with Crippen molar-refractivity contribution >= 4 is 40.5 Å². The summed E-state index contributed by atoms with van der Waals surface area (Å²) in [6, 6.07) is 12.8. The van der Waals surface area contributed by atoms with Gasteiger partial charge >= 0.3 is 0 Å². The molecule has 1 amide bonds. The van der Waals surface area contributed by atoms with Crippen LogP contribution in [0.15, 0.2) is 42.5 Å². The topological polar surface area (TPSA) is 50.4 Å². The largest absolute Gasteiger partial charge is 0.495 e. The molecule has 2 aromatic rings. The third-order valence-corrected chi connectivity index (χ3v) is 4.17. The van der Waals surface area contributed by atoms with Gasteiger partial charge in [-0.1, -0.05) is 37.1 Å². The van der Waals surface area contributed by atoms with Crippen LogP contribution >= 0.6 is 23.8 Å². The number of methoxy groups -OCH3 is 1. The predicted octanol–water partition coefficient (Wildman–Crippen LogP) is 4.82. The molecule has 0 aromatic heterocycles. The number of unbranched alkanes of at least 4 members (excludes halogenated alkanes) is 1. The molecule has 132 valence electrons. The molecule has 0 unspecified atom stereocenters. The van der Waals surface area contributed by atoms with Crippen LogP contribution in [0, 0.1) is 0 Å². The smallest absolute Gasteiger partial charge is 0.257 e. The first-order chi connectivity index (χ1) is 12.0. The number of carbonyl (C=O) groups is 1. The van der Waals surface area contributed by atoms with Crippen molar-refractivity contribution in [3.05, 3.63) is 58.6 Å². The quantitative estimate of drug-likeness (QED) is 0.710. The summed E-state index contributed by atoms with van der Waals surface area (Å²) >= 11 is 11.2. The number of hydrogen-bond acceptors (Lipinski definition) is 3. The van der Waals surface area contributed by atoms with Crippen LogP contribution in [0.5, 0.6) is 5.75 Å². The molecule has 0 saturated heterocycles. The van der Waals surface area contributed by atoms with E-state index in [2.05, 4.69) is 29.7 Å². The molecule has 0 spiro atoms. The number of ether oxygens (including phenoxy) is 1. The van der Waals surface area contributed by atoms with Crippen LogP contribution in [0.3, 0.4) is 0 Å². The second kappa shape index (κ2) is 9.39. The van der Waals surface area contributed by atoms with Crippen molar-refractivity contribution in [3.8, 4) is 5.75 Å². The average Bonchev–Trinajstić information content (AvgIpc) is 2.61. The second-order valence-corrected chi connectivity index (χ2v) is 6.37. The minimum absolute atomic E-state index is 0.234. The summed E-state index contributed by atoms with van der Waals surface area (Å²) in [6.45, 7) is 2.17. The summed E-state index contributed by atoms with van der Waals surface area (Å²) in [5.74, 6) is 0.184. The average molecular weight is 377 g/mol. The zero-order valence-corrected chi connectivity index (χ0v) is 15.8. The van der Waals surface area contributed by atoms with Gasteiger partial charge in [0.05, 0.1) is 12.1 Å². The Morgan fingerprint density at radius 2 is 1.92 bits per heavy atom. The zero-order chi connectivity index (χ0) is 18.2. The molecule has 25 heavy (non-hydrogen) atoms. The standard InChI is InChI=1S/C19H21ClN2O2S/c1-3-4-5-13-6-9-15(10-7-13)21-19(25)22-18(23)14-8-11-17(24-2)16(20)12-14/h6-12H,3-5H2,1-2H3,(H2,21,22,23,25). The third kappa shape index (κ3) is 5.73. The molecule has 0 aliphatic carbocycles. The van der Waals surface area contributed by atoms with E-state index >= 15 is 0 Å². The number of aryl methyl sites for hydroxylation is 1. The molecule has 0 aliphatic rings. The van der Waals surface area contributed by atoms with Gasteiger partial charge in [-0.05, 0) is 61.0 Å². The molecule has 0 saturated carbocycles. The van der Waals surface area contributed by atoms with Gasteiger partial charge in [0.25, 0.3) is 5.91 Å². The lowest BCUT2D eigenvalue weighted by molar-refractivity contribution is 0.0977. The maximum absolute atomic E-state index is 12.2. The highest BCUT2D eigenvalue weighted by Crippen LogP contribution is 2.24. The molecular weight excluding hydrogens is 356 g/mol. The summed E-state index contributed by atoms with van der Waals surface area (Å²) in [5, 5.41) is 6.25. The molecule has 0 radical (unpaired) electrons. The van der Waals surface area contributed by atoms with Crippen LogP contribution in [0.4, 0.5) is 5.69 Å². The van der Waals surface area contributed by atoms with Crippen molar-refractivity contribution in [2.45, 2.75) is 26.2 Å². The minimum Gasteiger partial charge on any atom is -0.495 e. The van der Waals surface area contributed by atoms with E-state index in [4.69, 9.17) is 28.6 Å². The first kappa shape index (κ1) is 19.2. The first-order valence-electron chi connectivity index (χ1n) is 8.08. The van der Waals surface area contributed by atoms with Crippen molar-refractivity contribution in [1.29, 1.82) is 0 Å². The maximum atomic E-state index is 12.2. The number of nitrogens with one attached hydrogen (secondary N) is 2. The van der Waals surface area contributed by atoms with Gasteiger partial charge in [-0.2, -0.15) is 0 Å². The number of benzene rings is 2. The molecule has 0 atom stereocenters. The molecule has 2 rings (SSSR count). The molecule has 2 aromatic carbocycles. The summed E-state index contributed by atoms with van der Waals surface area (Å²) in [5.41, 5.74) is 2.53. The number of rotatable bonds is 6. The van der Waals surface area contributed by atoms with E-state index in [1.165, 1.54) is 25.5 Å². The highest BCUT2D eigenvalue weighted by Gasteiger charge is 2.11. The Labute approximate surface area is 158 Å². The second-order valence-electron chi connectivity index (χ2n) is 5.56. The lowest BCUT2D eigenvalue weighted by Crippen LogP contribution is -2.34. The Morgan fingerprint density at radius 3 is 2.52 bits per heavy atom. The highest BCUT2D eigenvalue weighted by atomic mass is 35.5. The Balaban J connectivity index is 1.93. The minimum atomic E-state index is -0.332. The summed E-state index contributed by atoms with van der Waals surface area (Å²) in [4.78, 5) is 12.2. The zero-order valence-electron chi connectivity index (χ0n) is 14.3. The molecular formula is C19H21ClN2O2S. The van der Waals surface area contributed by atoms with Crippen LogP contribution in [-0.2, 0) is 6.42 Å². The predicted molar refractivity (Wildman–Crippen MR) is 107 cm³/mol. The van der Waals surface area contributed by atoms with Gasteiger partial charge < -0.3 is 10.1 Å². The fraction of sp³-hybridized carbons (Fsp3) is 0.263. The molecule has 0 fully saturated rings. The van der Waals surface area contributed by atoms with Gasteiger partial charge in [-0.25, -0.2) is 0 Å². The van der Waals surface area contributed by atoms with E-state index < -0.39 is 0 Å². The van der Waals surface area contributed by atoms with Crippen LogP contribution < -0.4 is 15.4 Å². The lowest BCUT2D eigenvalue weighted by Gasteiger charge is -2.11. The molecule has 4 nitrogen and oxygen atoms in total. The molecule has 0 bridgehead atoms. The Morgan fingerprint density at radius 1 is 1.20 bits per heavy atom. The number of halogens is 1. The van der Waals surface area contributed by atoms with Crippen molar-refractivity contribution < 1.29 is 9.53 Å². The Hall–Kier alpha value is -2.11. The highest BCUT2D eigenvalue weighted by molar-refractivity contribution is 7.80. The molecule has 0 aliphatic heterocycles. The molecule has 2 N–H and O–H groups in total. The Kier molecular flexibility index (Phi) is 7.22. The number of hydrogen-bond donors (Lipinski definition) is 2. The van der Waals surface area contributed by atoms with E-state index in [-0.39, 0.29) is 11.0 Å². The lowest BCUT2D eigenvalue weighted by atomic mass is 10.1. The summed E-state index contributed by atoms with van der Waals surface area (Å²) in [6.07, 6.45) is 3.41. The SMILES string of the molecule is CCCCc1ccc(NC(=S)NC(=O)c2ccc(OC)c(Cl)c2)cc1. The molecule has 6 heteroatoms. The van der Waals surface area contributed by atoms with Gasteiger partial charge in [-0.3, -0.25) is 10.1 Å². The molecule has 0 heterocycles. The number of thiocarbonyl (C=S) groups is 1. The van der Waals surface area contributed by atoms with Crippen LogP contribution in [0.25, 0.3) is 0 Å². The van der Waals surface area contributed by atoms with Crippen molar-refractivity contribution in [2.24, 2.45) is 0 Å². The van der Waals surface area contributed by atoms with Crippen LogP contribution in [0.1, 0.15) is 35.7 Å². The fourth-order valence-electron chi connectivity index (χ4n) is 2.28. The van der Waals surface area contributed by atoms with E-state index in [0.29, 0.717) is 16.3 Å². The van der Waals surface area contributed by atoms with Crippen molar-refractivity contribution in [2.75, 3.05) is 12.4 Å². The van der Waals surface area contributed by atoms with Gasteiger partial charge in [-0.15, -0.1) is 0 Å². The van der Waals surface area contributed by atoms with E-state index in [9.17, 15) is 4.79 Å². The van der Waals surface area contributed by atoms with Crippen molar-refractivity contribution in [3.63, 3.8) is 0 Å². The number of anilines is 1. The van der Waals surface area contributed by atoms with Gasteiger partial charge in [0.2, 0.25) is 0 Å². The van der Waals surface area contributed by atoms with Crippen LogP contribution in [-0.4, -0.2) is 18.1 Å². The summed E-state index contributed by atoms with van der Waals surface area (Å²) in [7, 11) is 1.52. The number of carbonyl (C=O) groups excluding carboxylic acids is 1. The van der Waals surface area contributed by atoms with Gasteiger partial charge in [0.1, 0.15) is 5.75 Å². The summed E-state index contributed by atoms with van der Waals surface area (Å²) < 4.78 is 5.07. The maximum Gasteiger partial charge on any atom is 0.257 e. The fourth-order valence-corrected chi connectivity index (χ4v) is 2.75. The van der Waals surface area contributed by atoms with E-state index in [1.807, 2.05) is 12.1 Å². The van der Waals surface area contributed by atoms with Crippen LogP contribution in [0.2, 0.25) is 5.02 Å². The van der Waals surface area contributed by atoms with Crippen molar-refractivity contribution in [1.82, 2.24) is 5.32 Å². The van der Waals surface area contributed by atoms with E-state index in [0.717, 1.165) is 12.1 Å². The van der Waals surface area contributed by atoms with E-state index in [1.54, 1.807) is 18.2 Å². The van der Waals surface area contributed by atoms with Gasteiger partial charge in [0.15, 0.2) is 5.11 Å². The monoisotopic (exact) mass is 376 g/mol. The Bertz CT molecular complexity index is 748. The number of amides is 1.